The van der Waals surface area contributed by atoms with Gasteiger partial charge in [0.15, 0.2) is 5.75 Å². The van der Waals surface area contributed by atoms with Crippen molar-refractivity contribution in [3.8, 4) is 10.9 Å². The topological polar surface area (TPSA) is 122 Å². The summed E-state index contributed by atoms with van der Waals surface area (Å²) in [6.07, 6.45) is 8.47. The Morgan fingerprint density at radius 2 is 1.82 bits per heavy atom. The highest BCUT2D eigenvalue weighted by Crippen LogP contribution is 2.45. The van der Waals surface area contributed by atoms with Crippen molar-refractivity contribution in [3.05, 3.63) is 96.0 Å². The van der Waals surface area contributed by atoms with Gasteiger partial charge < -0.3 is 25.1 Å². The molecule has 5 atom stereocenters. The predicted molar refractivity (Wildman–Crippen MR) is 189 cm³/mol. The van der Waals surface area contributed by atoms with Crippen LogP contribution in [0.15, 0.2) is 91.0 Å². The molecule has 49 heavy (non-hydrogen) atoms. The molecule has 0 spiro atoms. The van der Waals surface area contributed by atoms with E-state index in [0.717, 1.165) is 41.6 Å². The maximum atomic E-state index is 14.4. The van der Waals surface area contributed by atoms with Crippen LogP contribution < -0.4 is 25.7 Å². The van der Waals surface area contributed by atoms with Crippen LogP contribution in [0.25, 0.3) is 10.2 Å². The van der Waals surface area contributed by atoms with Crippen molar-refractivity contribution in [2.45, 2.75) is 68.7 Å². The maximum Gasteiger partial charge on any atom is 0.278 e. The second-order valence-corrected chi connectivity index (χ2v) is 14.3. The minimum absolute atomic E-state index is 0.183. The van der Waals surface area contributed by atoms with Gasteiger partial charge in [0.25, 0.3) is 11.1 Å². The van der Waals surface area contributed by atoms with Gasteiger partial charge in [0.05, 0.1) is 16.8 Å². The third-order valence-corrected chi connectivity index (χ3v) is 10.5. The Hall–Kier alpha value is -4.61. The molecule has 1 saturated heterocycles. The van der Waals surface area contributed by atoms with Gasteiger partial charge in [0.2, 0.25) is 11.8 Å². The van der Waals surface area contributed by atoms with Crippen molar-refractivity contribution in [1.29, 1.82) is 0 Å². The van der Waals surface area contributed by atoms with Crippen molar-refractivity contribution < 1.29 is 24.0 Å². The number of para-hydroxylation sites is 2. The summed E-state index contributed by atoms with van der Waals surface area (Å²) < 4.78 is 7.23. The van der Waals surface area contributed by atoms with Crippen LogP contribution >= 0.6 is 22.9 Å². The number of nitrogens with one attached hydrogen (secondary N) is 3. The highest BCUT2D eigenvalue weighted by atomic mass is 35.5. The van der Waals surface area contributed by atoms with Gasteiger partial charge in [0, 0.05) is 23.0 Å². The number of hydrogen-bond donors (Lipinski definition) is 3. The lowest BCUT2D eigenvalue weighted by molar-refractivity contribution is -0.141. The van der Waals surface area contributed by atoms with Gasteiger partial charge in [-0.2, -0.15) is 5.48 Å². The number of carbonyl (C=O) groups excluding carboxylic acids is 3. The van der Waals surface area contributed by atoms with Crippen LogP contribution in [-0.4, -0.2) is 57.9 Å². The highest BCUT2D eigenvalue weighted by molar-refractivity contribution is 7.20. The van der Waals surface area contributed by atoms with Gasteiger partial charge in [-0.25, -0.2) is 4.98 Å². The molecule has 4 aromatic rings. The molecule has 3 aromatic carbocycles. The quantitative estimate of drug-likeness (QED) is 0.153. The van der Waals surface area contributed by atoms with E-state index < -0.39 is 35.5 Å². The number of fused-ring (bicyclic) bond motifs is 3. The molecule has 2 fully saturated rings. The van der Waals surface area contributed by atoms with Crippen molar-refractivity contribution in [1.82, 2.24) is 20.7 Å². The van der Waals surface area contributed by atoms with E-state index in [0.29, 0.717) is 28.8 Å². The van der Waals surface area contributed by atoms with Crippen LogP contribution in [0.3, 0.4) is 0 Å². The van der Waals surface area contributed by atoms with Crippen molar-refractivity contribution in [2.75, 3.05) is 11.9 Å². The predicted octanol–water partition coefficient (Wildman–Crippen LogP) is 6.28. The third kappa shape index (κ3) is 7.52. The molecule has 10 nitrogen and oxygen atoms in total. The van der Waals surface area contributed by atoms with Crippen molar-refractivity contribution in [3.63, 3.8) is 0 Å². The summed E-state index contributed by atoms with van der Waals surface area (Å²) >= 11 is 7.57. The van der Waals surface area contributed by atoms with E-state index in [4.69, 9.17) is 21.2 Å². The molecule has 3 amide bonds. The Balaban J connectivity index is 1.16. The third-order valence-electron chi connectivity index (χ3n) is 9.36. The fourth-order valence-electron chi connectivity index (χ4n) is 6.66. The smallest absolute Gasteiger partial charge is 0.278 e. The molecule has 1 aliphatic carbocycles. The molecule has 3 aliphatic rings. The maximum absolute atomic E-state index is 14.4. The second kappa shape index (κ2) is 14.5. The van der Waals surface area contributed by atoms with Crippen molar-refractivity contribution in [2.24, 2.45) is 5.92 Å². The number of amides is 3. The van der Waals surface area contributed by atoms with E-state index in [2.05, 4.69) is 27.2 Å². The molecule has 254 valence electrons. The zero-order chi connectivity index (χ0) is 33.8. The molecule has 1 aromatic heterocycles. The lowest BCUT2D eigenvalue weighted by Gasteiger charge is -2.30. The molecule has 3 heterocycles. The Morgan fingerprint density at radius 3 is 2.63 bits per heavy atom. The summed E-state index contributed by atoms with van der Waals surface area (Å²) in [5, 5.41) is 7.54. The minimum atomic E-state index is -1.20. The number of nitrogens with zero attached hydrogens (tertiary/aromatic N) is 2. The molecule has 0 radical (unpaired) electrons. The number of aromatic nitrogens is 1. The van der Waals surface area contributed by atoms with Crippen LogP contribution in [-0.2, 0) is 14.4 Å². The summed E-state index contributed by atoms with van der Waals surface area (Å²) in [7, 11) is 0. The van der Waals surface area contributed by atoms with Gasteiger partial charge in [-0.1, -0.05) is 84.3 Å². The Kier molecular flexibility index (Phi) is 9.72. The van der Waals surface area contributed by atoms with Gasteiger partial charge in [-0.3, -0.25) is 14.4 Å². The Bertz CT molecular complexity index is 1840. The van der Waals surface area contributed by atoms with E-state index >= 15 is 0 Å². The molecule has 1 saturated carbocycles. The Morgan fingerprint density at radius 1 is 1.02 bits per heavy atom. The summed E-state index contributed by atoms with van der Waals surface area (Å²) in [5.74, 6) is -0.762. The monoisotopic (exact) mass is 699 g/mol. The molecule has 0 unspecified atom stereocenters. The lowest BCUT2D eigenvalue weighted by Crippen LogP contribution is -2.57. The number of hydroxylamine groups is 1. The number of hydrogen-bond acceptors (Lipinski definition) is 8. The van der Waals surface area contributed by atoms with E-state index in [1.807, 2.05) is 66.7 Å². The van der Waals surface area contributed by atoms with Gasteiger partial charge in [0.1, 0.15) is 23.7 Å². The summed E-state index contributed by atoms with van der Waals surface area (Å²) in [6, 6.07) is 22.6. The van der Waals surface area contributed by atoms with Gasteiger partial charge >= 0.3 is 0 Å². The molecular formula is C37H38ClN5O5S. The first-order valence-corrected chi connectivity index (χ1v) is 17.9. The average molecular weight is 700 g/mol. The number of rotatable bonds is 7. The first kappa shape index (κ1) is 32.9. The first-order valence-electron chi connectivity index (χ1n) is 16.7. The number of allylic oxidation sites excluding steroid dienone is 1. The summed E-state index contributed by atoms with van der Waals surface area (Å²) in [6.45, 7) is 0.195. The molecular weight excluding hydrogens is 662 g/mol. The van der Waals surface area contributed by atoms with Crippen LogP contribution in [0.5, 0.6) is 10.9 Å². The highest BCUT2D eigenvalue weighted by Gasteiger charge is 2.61. The molecule has 0 bridgehead atoms. The summed E-state index contributed by atoms with van der Waals surface area (Å²) in [4.78, 5) is 54.2. The largest absolute Gasteiger partial charge is 0.465 e. The fraction of sp³-hybridized carbons (Fsp3) is 0.351. The van der Waals surface area contributed by atoms with E-state index in [-0.39, 0.29) is 24.8 Å². The molecule has 12 heteroatoms. The second-order valence-electron chi connectivity index (χ2n) is 12.8. The first-order chi connectivity index (χ1) is 23.9. The zero-order valence-electron chi connectivity index (χ0n) is 26.8. The van der Waals surface area contributed by atoms with Gasteiger partial charge in [-0.15, -0.1) is 0 Å². The van der Waals surface area contributed by atoms with Crippen LogP contribution in [0.2, 0.25) is 5.02 Å². The zero-order valence-corrected chi connectivity index (χ0v) is 28.4. The van der Waals surface area contributed by atoms with E-state index in [1.165, 1.54) is 11.3 Å². The molecule has 7 rings (SSSR count). The van der Waals surface area contributed by atoms with Crippen LogP contribution in [0.1, 0.15) is 44.9 Å². The Labute approximate surface area is 293 Å². The normalized spacial score (nSPS) is 26.3. The number of ether oxygens (including phenoxy) is 1. The molecule has 3 N–H and O–H groups in total. The van der Waals surface area contributed by atoms with E-state index in [9.17, 15) is 14.4 Å². The fourth-order valence-corrected chi connectivity index (χ4v) is 7.81. The molecule has 2 aliphatic heterocycles. The lowest BCUT2D eigenvalue weighted by atomic mass is 10.0. The van der Waals surface area contributed by atoms with Crippen LogP contribution in [0, 0.1) is 5.92 Å². The minimum Gasteiger partial charge on any atom is -0.465 e. The number of carbonyl (C=O) groups is 3. The van der Waals surface area contributed by atoms with Crippen LogP contribution in [0.4, 0.5) is 5.69 Å². The van der Waals surface area contributed by atoms with E-state index in [1.54, 1.807) is 23.1 Å². The SMILES string of the molecule is O=C1N[C@]2(C(=O)NOc3ccccc3)C[C@H]2/C=C\CCCCC[C@H](Nc2ccccc2)C(=O)N2C[C@H](Oc3nc4ccc(Cl)cc4s3)C[C@@H]12. The standard InChI is InChI=1S/C37H38ClN5O5S/c38-25-18-19-29-32(20-25)49-36(40-29)47-28-21-31-33(44)41-37(35(46)42-48-27-15-9-5-10-16-27)22-24(37)12-6-2-1-3-11-17-30(34(45)43(31)23-28)39-26-13-7-4-8-14-26/h4-10,12-16,18-20,24,28,30-31,39H,1-3,11,17,21-23H2,(H,41,44)(H,42,46)/b12-6-/t24-,28-,30+,31+,37-/m1/s1. The number of anilines is 1. The van der Waals surface area contributed by atoms with Gasteiger partial charge in [-0.05, 0) is 68.1 Å². The summed E-state index contributed by atoms with van der Waals surface area (Å²) in [5.41, 5.74) is 2.95. The average Bonchev–Trinajstić information content (AvgIpc) is 3.41. The number of thiazole rings is 1. The number of benzene rings is 3. The van der Waals surface area contributed by atoms with Crippen molar-refractivity contribution >= 4 is 56.6 Å². The number of halogens is 1.